The number of ether oxygens (including phenoxy) is 2. The van der Waals surface area contributed by atoms with Gasteiger partial charge >= 0.3 is 0 Å². The van der Waals surface area contributed by atoms with Crippen LogP contribution in [0.2, 0.25) is 0 Å². The zero-order valence-electron chi connectivity index (χ0n) is 32.6. The molecular weight excluding hydrogens is 721 g/mol. The van der Waals surface area contributed by atoms with Crippen LogP contribution < -0.4 is 20.9 Å². The molecule has 0 bridgehead atoms. The molecule has 4 atom stereocenters. The molecule has 2 aliphatic heterocycles. The molecule has 14 heteroatoms. The number of methoxy groups -OCH3 is 2. The van der Waals surface area contributed by atoms with Gasteiger partial charge in [-0.3, -0.25) is 9.59 Å². The smallest absolute Gasteiger partial charge is 0.241 e. The molecule has 0 saturated carbocycles. The Hall–Kier alpha value is -3.98. The number of benzene rings is 2. The molecule has 4 N–H and O–H groups in total. The molecule has 2 aromatic carbocycles. The average Bonchev–Trinajstić information content (AvgIpc) is 3.78. The molecule has 0 radical (unpaired) electrons. The van der Waals surface area contributed by atoms with Gasteiger partial charge in [-0.05, 0) is 35.1 Å². The van der Waals surface area contributed by atoms with Crippen LogP contribution in [-0.4, -0.2) is 91.6 Å². The lowest BCUT2D eigenvalue weighted by Gasteiger charge is -2.44. The molecule has 4 unspecified atom stereocenters. The Labute approximate surface area is 326 Å². The van der Waals surface area contributed by atoms with Crippen LogP contribution in [0.5, 0.6) is 11.5 Å². The Morgan fingerprint density at radius 3 is 1.41 bits per heavy atom. The highest BCUT2D eigenvalue weighted by molar-refractivity contribution is 8.76. The molecule has 4 aromatic rings. The SMILES string of the molecule is COc1ccccc1-c1cn2c(n1)C(C(C)(C)C)N(C(=O)C(N)CSSCC(N)C(=O)N1CCn3cc(-c4ccccc4OC)nc3C1C(C)(C)C)CC2. The van der Waals surface area contributed by atoms with E-state index >= 15 is 0 Å². The predicted molar refractivity (Wildman–Crippen MR) is 217 cm³/mol. The molecule has 0 aliphatic carbocycles. The molecule has 290 valence electrons. The number of amides is 2. The van der Waals surface area contributed by atoms with Crippen molar-refractivity contribution < 1.29 is 19.1 Å². The number of fused-ring (bicyclic) bond motifs is 2. The van der Waals surface area contributed by atoms with Crippen molar-refractivity contribution >= 4 is 33.4 Å². The van der Waals surface area contributed by atoms with Crippen LogP contribution in [-0.2, 0) is 22.7 Å². The van der Waals surface area contributed by atoms with Crippen LogP contribution in [0.25, 0.3) is 22.5 Å². The van der Waals surface area contributed by atoms with Gasteiger partial charge < -0.3 is 39.9 Å². The summed E-state index contributed by atoms with van der Waals surface area (Å²) < 4.78 is 15.5. The summed E-state index contributed by atoms with van der Waals surface area (Å²) in [6.07, 6.45) is 4.09. The molecule has 2 amide bonds. The predicted octanol–water partition coefficient (Wildman–Crippen LogP) is 6.03. The lowest BCUT2D eigenvalue weighted by atomic mass is 9.83. The first-order valence-corrected chi connectivity index (χ1v) is 20.9. The van der Waals surface area contributed by atoms with Gasteiger partial charge in [0.15, 0.2) is 0 Å². The highest BCUT2D eigenvalue weighted by Crippen LogP contribution is 2.43. The van der Waals surface area contributed by atoms with Crippen LogP contribution in [0.4, 0.5) is 0 Å². The molecule has 6 rings (SSSR count). The third-order valence-electron chi connectivity index (χ3n) is 10.1. The Kier molecular flexibility index (Phi) is 11.8. The van der Waals surface area contributed by atoms with E-state index in [0.717, 1.165) is 45.7 Å². The summed E-state index contributed by atoms with van der Waals surface area (Å²) in [5.41, 5.74) is 16.0. The van der Waals surface area contributed by atoms with Gasteiger partial charge in [-0.25, -0.2) is 9.97 Å². The van der Waals surface area contributed by atoms with Gasteiger partial charge in [-0.15, -0.1) is 0 Å². The molecule has 12 nitrogen and oxygen atoms in total. The quantitative estimate of drug-likeness (QED) is 0.137. The molecule has 2 aliphatic rings. The van der Waals surface area contributed by atoms with Crippen molar-refractivity contribution in [2.45, 2.75) is 78.8 Å². The number of hydrogen-bond donors (Lipinski definition) is 2. The molecule has 2 aromatic heterocycles. The van der Waals surface area contributed by atoms with E-state index in [-0.39, 0.29) is 34.7 Å². The number of carbonyl (C=O) groups excluding carboxylic acids is 2. The Morgan fingerprint density at radius 2 is 1.06 bits per heavy atom. The topological polar surface area (TPSA) is 147 Å². The summed E-state index contributed by atoms with van der Waals surface area (Å²) in [5.74, 6) is 3.73. The first kappa shape index (κ1) is 39.7. The van der Waals surface area contributed by atoms with Gasteiger partial charge in [-0.2, -0.15) is 0 Å². The number of para-hydroxylation sites is 2. The van der Waals surface area contributed by atoms with Crippen LogP contribution in [0.1, 0.15) is 65.3 Å². The van der Waals surface area contributed by atoms with Crippen molar-refractivity contribution in [2.75, 3.05) is 38.8 Å². The van der Waals surface area contributed by atoms with Gasteiger partial charge in [0.2, 0.25) is 11.8 Å². The zero-order valence-corrected chi connectivity index (χ0v) is 34.2. The fourth-order valence-corrected chi connectivity index (χ4v) is 9.82. The number of imidazole rings is 2. The zero-order chi connectivity index (χ0) is 38.9. The van der Waals surface area contributed by atoms with Crippen LogP contribution >= 0.6 is 21.6 Å². The fraction of sp³-hybridized carbons (Fsp3) is 0.500. The Bertz CT molecular complexity index is 1830. The summed E-state index contributed by atoms with van der Waals surface area (Å²) in [7, 11) is 6.26. The van der Waals surface area contributed by atoms with Gasteiger partial charge in [0, 0.05) is 61.2 Å². The van der Waals surface area contributed by atoms with Crippen molar-refractivity contribution in [2.24, 2.45) is 22.3 Å². The second-order valence-electron chi connectivity index (χ2n) is 16.1. The van der Waals surface area contributed by atoms with E-state index in [4.69, 9.17) is 30.9 Å². The maximum absolute atomic E-state index is 14.0. The van der Waals surface area contributed by atoms with Crippen molar-refractivity contribution in [3.05, 3.63) is 72.6 Å². The highest BCUT2D eigenvalue weighted by Gasteiger charge is 2.43. The van der Waals surface area contributed by atoms with Gasteiger partial charge in [0.1, 0.15) is 23.1 Å². The summed E-state index contributed by atoms with van der Waals surface area (Å²) in [6, 6.07) is 13.7. The van der Waals surface area contributed by atoms with Crippen LogP contribution in [0, 0.1) is 10.8 Å². The van der Waals surface area contributed by atoms with Crippen molar-refractivity contribution in [3.8, 4) is 34.0 Å². The second kappa shape index (κ2) is 16.0. The van der Waals surface area contributed by atoms with Crippen molar-refractivity contribution in [1.82, 2.24) is 28.9 Å². The third-order valence-corrected chi connectivity index (χ3v) is 12.6. The standard InChI is InChI=1S/C40H54N8O4S2/c1-39(2,3)33-35-43-29(25-13-9-11-15-31(25)51-7)21-45(35)17-19-47(33)37(49)27(41)23-53-54-24-28(42)38(50)48-20-18-46-22-30(26-14-10-12-16-32(26)52-8)44-36(46)34(48)40(4,5)6/h9-16,21-22,27-28,33-34H,17-20,23-24,41-42H2,1-8H3. The number of aromatic nitrogens is 4. The third kappa shape index (κ3) is 8.02. The monoisotopic (exact) mass is 774 g/mol. The molecule has 4 heterocycles. The van der Waals surface area contributed by atoms with E-state index < -0.39 is 12.1 Å². The number of nitrogens with two attached hydrogens (primary N) is 2. The van der Waals surface area contributed by atoms with E-state index in [1.807, 2.05) is 70.7 Å². The van der Waals surface area contributed by atoms with Crippen molar-refractivity contribution in [1.29, 1.82) is 0 Å². The molecular formula is C40H54N8O4S2. The molecule has 0 spiro atoms. The van der Waals surface area contributed by atoms with E-state index in [0.29, 0.717) is 37.7 Å². The number of nitrogens with zero attached hydrogens (tertiary/aromatic N) is 6. The Balaban J connectivity index is 1.08. The summed E-state index contributed by atoms with van der Waals surface area (Å²) in [4.78, 5) is 41.8. The first-order valence-electron chi connectivity index (χ1n) is 18.4. The van der Waals surface area contributed by atoms with Gasteiger partial charge in [0.25, 0.3) is 0 Å². The maximum Gasteiger partial charge on any atom is 0.241 e. The summed E-state index contributed by atoms with van der Waals surface area (Å²) in [5, 5.41) is 0. The van der Waals surface area contributed by atoms with Crippen LogP contribution in [0.3, 0.4) is 0 Å². The lowest BCUT2D eigenvalue weighted by Crippen LogP contribution is -2.53. The van der Waals surface area contributed by atoms with E-state index in [9.17, 15) is 9.59 Å². The minimum atomic E-state index is -0.724. The van der Waals surface area contributed by atoms with Crippen molar-refractivity contribution in [3.63, 3.8) is 0 Å². The van der Waals surface area contributed by atoms with E-state index in [2.05, 4.69) is 50.7 Å². The van der Waals surface area contributed by atoms with E-state index in [1.165, 1.54) is 21.6 Å². The molecule has 54 heavy (non-hydrogen) atoms. The van der Waals surface area contributed by atoms with Crippen LogP contribution in [0.15, 0.2) is 60.9 Å². The molecule has 0 saturated heterocycles. The first-order chi connectivity index (χ1) is 25.6. The summed E-state index contributed by atoms with van der Waals surface area (Å²) >= 11 is 0. The number of carbonyl (C=O) groups is 2. The lowest BCUT2D eigenvalue weighted by molar-refractivity contribution is -0.139. The number of rotatable bonds is 11. The second-order valence-corrected chi connectivity index (χ2v) is 18.7. The minimum Gasteiger partial charge on any atom is -0.496 e. The highest BCUT2D eigenvalue weighted by atomic mass is 33.1. The average molecular weight is 775 g/mol. The maximum atomic E-state index is 14.0. The van der Waals surface area contributed by atoms with Gasteiger partial charge in [-0.1, -0.05) is 87.4 Å². The van der Waals surface area contributed by atoms with E-state index in [1.54, 1.807) is 14.2 Å². The largest absolute Gasteiger partial charge is 0.496 e. The normalized spacial score (nSPS) is 18.5. The Morgan fingerprint density at radius 1 is 0.685 bits per heavy atom. The number of hydrogen-bond acceptors (Lipinski definition) is 10. The minimum absolute atomic E-state index is 0.110. The molecule has 0 fully saturated rings. The fourth-order valence-electron chi connectivity index (χ4n) is 7.59. The van der Waals surface area contributed by atoms with Gasteiger partial charge in [0.05, 0.1) is 49.8 Å². The summed E-state index contributed by atoms with van der Waals surface area (Å²) in [6.45, 7) is 15.0.